The standard InChI is InChI=1S/C20H19F3N4O3/c1-11-8-12(29-2)5-6-13(11)25-19(28)15-10-18-24-14(16-4-3-7-30-16)9-17(20(21,22)23)27(18)26-15/h3-8,10,14,17,24H,9H2,1-2H3,(H,25,28)/t14-,17+/m0/s1. The fourth-order valence-electron chi connectivity index (χ4n) is 3.45. The van der Waals surface area contributed by atoms with E-state index in [4.69, 9.17) is 9.15 Å². The van der Waals surface area contributed by atoms with Crippen molar-refractivity contribution in [1.82, 2.24) is 9.78 Å². The molecule has 0 radical (unpaired) electrons. The number of ether oxygens (including phenoxy) is 1. The fourth-order valence-corrected chi connectivity index (χ4v) is 3.45. The van der Waals surface area contributed by atoms with Gasteiger partial charge >= 0.3 is 6.18 Å². The van der Waals surface area contributed by atoms with E-state index in [1.54, 1.807) is 37.3 Å². The van der Waals surface area contributed by atoms with Gasteiger partial charge < -0.3 is 19.8 Å². The monoisotopic (exact) mass is 420 g/mol. The van der Waals surface area contributed by atoms with Crippen molar-refractivity contribution in [2.24, 2.45) is 0 Å². The lowest BCUT2D eigenvalue weighted by Crippen LogP contribution is -2.35. The smallest absolute Gasteiger partial charge is 0.410 e. The van der Waals surface area contributed by atoms with Crippen LogP contribution in [0.3, 0.4) is 0 Å². The second-order valence-corrected chi connectivity index (χ2v) is 7.00. The van der Waals surface area contributed by atoms with Crippen LogP contribution in [0.5, 0.6) is 5.75 Å². The van der Waals surface area contributed by atoms with Crippen LogP contribution < -0.4 is 15.4 Å². The van der Waals surface area contributed by atoms with Crippen molar-refractivity contribution in [1.29, 1.82) is 0 Å². The third-order valence-electron chi connectivity index (χ3n) is 4.99. The molecule has 3 aromatic rings. The van der Waals surface area contributed by atoms with Crippen LogP contribution in [0, 0.1) is 6.92 Å². The van der Waals surface area contributed by atoms with Crippen LogP contribution in [0.25, 0.3) is 0 Å². The Kier molecular flexibility index (Phi) is 4.92. The average Bonchev–Trinajstić information content (AvgIpc) is 3.37. The summed E-state index contributed by atoms with van der Waals surface area (Å²) < 4.78 is 52.3. The molecule has 0 unspecified atom stereocenters. The van der Waals surface area contributed by atoms with E-state index < -0.39 is 24.2 Å². The molecule has 1 amide bonds. The van der Waals surface area contributed by atoms with Gasteiger partial charge in [0.1, 0.15) is 17.3 Å². The number of hydrogen-bond acceptors (Lipinski definition) is 5. The molecule has 3 heterocycles. The molecular formula is C20H19F3N4O3. The third-order valence-corrected chi connectivity index (χ3v) is 4.99. The summed E-state index contributed by atoms with van der Waals surface area (Å²) in [5.41, 5.74) is 1.14. The van der Waals surface area contributed by atoms with Gasteiger partial charge in [-0.2, -0.15) is 18.3 Å². The molecule has 1 aliphatic heterocycles. The minimum atomic E-state index is -4.53. The highest BCUT2D eigenvalue weighted by molar-refractivity contribution is 6.03. The van der Waals surface area contributed by atoms with Crippen LogP contribution in [0.15, 0.2) is 47.1 Å². The average molecular weight is 420 g/mol. The molecule has 0 bridgehead atoms. The Bertz CT molecular complexity index is 1060. The lowest BCUT2D eigenvalue weighted by molar-refractivity contribution is -0.174. The molecule has 158 valence electrons. The molecule has 0 spiro atoms. The summed E-state index contributed by atoms with van der Waals surface area (Å²) in [5, 5.41) is 9.60. The van der Waals surface area contributed by atoms with E-state index in [1.165, 1.54) is 19.4 Å². The predicted molar refractivity (Wildman–Crippen MR) is 103 cm³/mol. The number of amides is 1. The molecule has 4 rings (SSSR count). The number of nitrogens with one attached hydrogen (secondary N) is 2. The first-order chi connectivity index (χ1) is 14.3. The summed E-state index contributed by atoms with van der Waals surface area (Å²) in [6, 6.07) is 7.04. The number of aromatic nitrogens is 2. The molecule has 2 aromatic heterocycles. The summed E-state index contributed by atoms with van der Waals surface area (Å²) in [4.78, 5) is 12.7. The molecule has 0 aliphatic carbocycles. The predicted octanol–water partition coefficient (Wildman–Crippen LogP) is 4.71. The zero-order valence-electron chi connectivity index (χ0n) is 16.2. The van der Waals surface area contributed by atoms with Crippen LogP contribution in [-0.2, 0) is 0 Å². The fraction of sp³-hybridized carbons (Fsp3) is 0.300. The molecule has 10 heteroatoms. The first-order valence-electron chi connectivity index (χ1n) is 9.18. The van der Waals surface area contributed by atoms with Gasteiger partial charge in [0.2, 0.25) is 0 Å². The van der Waals surface area contributed by atoms with E-state index in [2.05, 4.69) is 15.7 Å². The van der Waals surface area contributed by atoms with E-state index >= 15 is 0 Å². The minimum Gasteiger partial charge on any atom is -0.497 e. The van der Waals surface area contributed by atoms with Crippen molar-refractivity contribution in [2.75, 3.05) is 17.7 Å². The van der Waals surface area contributed by atoms with Gasteiger partial charge in [0.15, 0.2) is 11.7 Å². The van der Waals surface area contributed by atoms with Crippen LogP contribution in [0.4, 0.5) is 24.7 Å². The maximum atomic E-state index is 13.7. The summed E-state index contributed by atoms with van der Waals surface area (Å²) in [7, 11) is 1.53. The number of furan rings is 1. The summed E-state index contributed by atoms with van der Waals surface area (Å²) in [5.74, 6) is 0.504. The third kappa shape index (κ3) is 3.72. The van der Waals surface area contributed by atoms with Gasteiger partial charge in [0.25, 0.3) is 5.91 Å². The van der Waals surface area contributed by atoms with Crippen molar-refractivity contribution in [2.45, 2.75) is 31.6 Å². The van der Waals surface area contributed by atoms with Gasteiger partial charge in [-0.1, -0.05) is 0 Å². The second-order valence-electron chi connectivity index (χ2n) is 7.00. The molecule has 2 N–H and O–H groups in total. The number of carbonyl (C=O) groups is 1. The Balaban J connectivity index is 1.62. The lowest BCUT2D eigenvalue weighted by atomic mass is 10.0. The zero-order valence-corrected chi connectivity index (χ0v) is 16.2. The summed E-state index contributed by atoms with van der Waals surface area (Å²) in [6.07, 6.45) is -3.43. The maximum absolute atomic E-state index is 13.7. The van der Waals surface area contributed by atoms with Gasteiger partial charge in [0.05, 0.1) is 19.4 Å². The van der Waals surface area contributed by atoms with E-state index in [1.807, 2.05) is 0 Å². The number of alkyl halides is 3. The Labute approximate surface area is 169 Å². The van der Waals surface area contributed by atoms with Crippen LogP contribution >= 0.6 is 0 Å². The quantitative estimate of drug-likeness (QED) is 0.639. The van der Waals surface area contributed by atoms with Crippen LogP contribution in [0.2, 0.25) is 0 Å². The number of anilines is 2. The maximum Gasteiger partial charge on any atom is 0.410 e. The van der Waals surface area contributed by atoms with Crippen molar-refractivity contribution in [3.05, 3.63) is 59.7 Å². The molecule has 0 saturated carbocycles. The van der Waals surface area contributed by atoms with Crippen molar-refractivity contribution in [3.63, 3.8) is 0 Å². The van der Waals surface area contributed by atoms with E-state index in [9.17, 15) is 18.0 Å². The normalized spacial score (nSPS) is 18.4. The number of methoxy groups -OCH3 is 1. The number of rotatable bonds is 4. The molecule has 1 aliphatic rings. The first kappa shape index (κ1) is 19.9. The first-order valence-corrected chi connectivity index (χ1v) is 9.18. The second kappa shape index (κ2) is 7.43. The van der Waals surface area contributed by atoms with E-state index in [0.29, 0.717) is 17.2 Å². The highest BCUT2D eigenvalue weighted by atomic mass is 19.4. The largest absolute Gasteiger partial charge is 0.497 e. The molecule has 0 saturated heterocycles. The molecule has 30 heavy (non-hydrogen) atoms. The Morgan fingerprint density at radius 3 is 2.77 bits per heavy atom. The number of halogens is 3. The van der Waals surface area contributed by atoms with Crippen molar-refractivity contribution >= 4 is 17.4 Å². The molecule has 1 aromatic carbocycles. The topological polar surface area (TPSA) is 81.3 Å². The Morgan fingerprint density at radius 1 is 1.33 bits per heavy atom. The summed E-state index contributed by atoms with van der Waals surface area (Å²) >= 11 is 0. The highest BCUT2D eigenvalue weighted by Crippen LogP contribution is 2.43. The van der Waals surface area contributed by atoms with Crippen molar-refractivity contribution in [3.8, 4) is 5.75 Å². The van der Waals surface area contributed by atoms with Gasteiger partial charge in [-0.25, -0.2) is 4.68 Å². The van der Waals surface area contributed by atoms with E-state index in [-0.39, 0.29) is 17.9 Å². The minimum absolute atomic E-state index is 0.0987. The van der Waals surface area contributed by atoms with Crippen LogP contribution in [0.1, 0.15) is 40.3 Å². The highest BCUT2D eigenvalue weighted by Gasteiger charge is 2.47. The van der Waals surface area contributed by atoms with E-state index in [0.717, 1.165) is 10.2 Å². The number of aryl methyl sites for hydroxylation is 1. The molecular weight excluding hydrogens is 401 g/mol. The van der Waals surface area contributed by atoms with Crippen LogP contribution in [-0.4, -0.2) is 29.0 Å². The number of benzene rings is 1. The van der Waals surface area contributed by atoms with Crippen molar-refractivity contribution < 1.29 is 27.1 Å². The number of hydrogen-bond donors (Lipinski definition) is 2. The number of fused-ring (bicyclic) bond motifs is 1. The van der Waals surface area contributed by atoms with Gasteiger partial charge in [-0.05, 0) is 42.8 Å². The molecule has 7 nitrogen and oxygen atoms in total. The number of carbonyl (C=O) groups excluding carboxylic acids is 1. The van der Waals surface area contributed by atoms with Gasteiger partial charge in [-0.3, -0.25) is 4.79 Å². The SMILES string of the molecule is COc1ccc(NC(=O)c2cc3n(n2)[C@@H](C(F)(F)F)C[C@@H](c2ccco2)N3)c(C)c1. The van der Waals surface area contributed by atoms with Gasteiger partial charge in [0, 0.05) is 18.2 Å². The molecule has 2 atom stereocenters. The summed E-state index contributed by atoms with van der Waals surface area (Å²) in [6.45, 7) is 1.78. The lowest BCUT2D eigenvalue weighted by Gasteiger charge is -2.32. The Hall–Kier alpha value is -3.43. The Morgan fingerprint density at radius 2 is 2.13 bits per heavy atom. The molecule has 0 fully saturated rings. The zero-order chi connectivity index (χ0) is 21.5. The number of nitrogens with zero attached hydrogens (tertiary/aromatic N) is 2. The van der Waals surface area contributed by atoms with Gasteiger partial charge in [-0.15, -0.1) is 0 Å².